The van der Waals surface area contributed by atoms with E-state index in [4.69, 9.17) is 11.6 Å². The van der Waals surface area contributed by atoms with Crippen LogP contribution in [0.1, 0.15) is 12.0 Å². The Morgan fingerprint density at radius 1 is 1.11 bits per heavy atom. The van der Waals surface area contributed by atoms with Gasteiger partial charge >= 0.3 is 0 Å². The molecule has 3 aromatic rings. The fourth-order valence-corrected chi connectivity index (χ4v) is 4.37. The number of halogens is 1. The third-order valence-corrected chi connectivity index (χ3v) is 6.12. The first-order valence-corrected chi connectivity index (χ1v) is 10.0. The number of aromatic nitrogens is 3. The van der Waals surface area contributed by atoms with Gasteiger partial charge in [0.1, 0.15) is 0 Å². The number of likely N-dealkylation sites (tertiary alicyclic amines) is 1. The van der Waals surface area contributed by atoms with E-state index in [1.54, 1.807) is 4.90 Å². The highest BCUT2D eigenvalue weighted by molar-refractivity contribution is 8.00. The zero-order valence-corrected chi connectivity index (χ0v) is 16.5. The largest absolute Gasteiger partial charge is 0.345 e. The lowest BCUT2D eigenvalue weighted by Gasteiger charge is -2.13. The maximum atomic E-state index is 12.3. The Kier molecular flexibility index (Phi) is 5.18. The SMILES string of the molecule is CN1CCC(Sc2nnc(-c3ccc(Cl)cc3)n2Cc2ccccc2)C1=O. The molecule has 1 saturated heterocycles. The summed E-state index contributed by atoms with van der Waals surface area (Å²) in [6, 6.07) is 17.8. The highest BCUT2D eigenvalue weighted by Gasteiger charge is 2.32. The van der Waals surface area contributed by atoms with Crippen molar-refractivity contribution in [2.75, 3.05) is 13.6 Å². The number of nitrogens with zero attached hydrogens (tertiary/aromatic N) is 4. The minimum absolute atomic E-state index is 0.105. The van der Waals surface area contributed by atoms with Gasteiger partial charge in [0.05, 0.1) is 11.8 Å². The Morgan fingerprint density at radius 2 is 1.85 bits per heavy atom. The average Bonchev–Trinajstić information content (AvgIpc) is 3.22. The second-order valence-electron chi connectivity index (χ2n) is 6.54. The van der Waals surface area contributed by atoms with Crippen LogP contribution in [0.3, 0.4) is 0 Å². The van der Waals surface area contributed by atoms with E-state index in [2.05, 4.69) is 26.9 Å². The zero-order chi connectivity index (χ0) is 18.8. The van der Waals surface area contributed by atoms with Crippen LogP contribution >= 0.6 is 23.4 Å². The van der Waals surface area contributed by atoms with E-state index >= 15 is 0 Å². The second-order valence-corrected chi connectivity index (χ2v) is 8.15. The standard InChI is InChI=1S/C20H19ClN4OS/c1-24-12-11-17(19(24)26)27-20-23-22-18(15-7-9-16(21)10-8-15)25(20)13-14-5-3-2-4-6-14/h2-10,17H,11-13H2,1H3. The van der Waals surface area contributed by atoms with Gasteiger partial charge < -0.3 is 4.90 Å². The lowest BCUT2D eigenvalue weighted by atomic mass is 10.2. The molecule has 2 heterocycles. The summed E-state index contributed by atoms with van der Waals surface area (Å²) in [5.74, 6) is 0.930. The Hall–Kier alpha value is -2.31. The monoisotopic (exact) mass is 398 g/mol. The lowest BCUT2D eigenvalue weighted by Crippen LogP contribution is -2.24. The topological polar surface area (TPSA) is 51.0 Å². The second kappa shape index (κ2) is 7.74. The summed E-state index contributed by atoms with van der Waals surface area (Å²) in [7, 11) is 1.84. The predicted molar refractivity (Wildman–Crippen MR) is 108 cm³/mol. The summed E-state index contributed by atoms with van der Waals surface area (Å²) in [5, 5.41) is 10.2. The number of benzene rings is 2. The molecule has 0 N–H and O–H groups in total. The molecule has 1 amide bonds. The summed E-state index contributed by atoms with van der Waals surface area (Å²) in [6.45, 7) is 1.43. The first-order chi connectivity index (χ1) is 13.1. The van der Waals surface area contributed by atoms with Gasteiger partial charge in [0.25, 0.3) is 0 Å². The van der Waals surface area contributed by atoms with Crippen molar-refractivity contribution in [1.29, 1.82) is 0 Å². The molecule has 1 aromatic heterocycles. The van der Waals surface area contributed by atoms with Crippen LogP contribution in [0.2, 0.25) is 5.02 Å². The predicted octanol–water partition coefficient (Wildman–Crippen LogP) is 3.97. The van der Waals surface area contributed by atoms with Crippen LogP contribution in [0.5, 0.6) is 0 Å². The van der Waals surface area contributed by atoms with Gasteiger partial charge in [-0.25, -0.2) is 0 Å². The molecule has 1 unspecified atom stereocenters. The van der Waals surface area contributed by atoms with E-state index < -0.39 is 0 Å². The van der Waals surface area contributed by atoms with E-state index in [1.165, 1.54) is 11.8 Å². The molecule has 1 aliphatic heterocycles. The molecule has 2 aromatic carbocycles. The number of carbonyl (C=O) groups is 1. The van der Waals surface area contributed by atoms with Crippen molar-refractivity contribution in [2.45, 2.75) is 23.4 Å². The highest BCUT2D eigenvalue weighted by Crippen LogP contribution is 2.32. The van der Waals surface area contributed by atoms with Crippen molar-refractivity contribution < 1.29 is 4.79 Å². The van der Waals surface area contributed by atoms with Crippen LogP contribution in [0, 0.1) is 0 Å². The quantitative estimate of drug-likeness (QED) is 0.652. The number of rotatable bonds is 5. The summed E-state index contributed by atoms with van der Waals surface area (Å²) in [4.78, 5) is 14.1. The molecular weight excluding hydrogens is 380 g/mol. The molecule has 4 rings (SSSR count). The highest BCUT2D eigenvalue weighted by atomic mass is 35.5. The van der Waals surface area contributed by atoms with Crippen LogP contribution in [-0.4, -0.2) is 44.4 Å². The fraction of sp³-hybridized carbons (Fsp3) is 0.250. The summed E-state index contributed by atoms with van der Waals surface area (Å²) < 4.78 is 2.08. The molecule has 0 saturated carbocycles. The average molecular weight is 399 g/mol. The van der Waals surface area contributed by atoms with Crippen molar-refractivity contribution in [3.8, 4) is 11.4 Å². The smallest absolute Gasteiger partial charge is 0.235 e. The van der Waals surface area contributed by atoms with E-state index in [0.29, 0.717) is 11.6 Å². The molecule has 0 aliphatic carbocycles. The molecule has 138 valence electrons. The van der Waals surface area contributed by atoms with Crippen molar-refractivity contribution in [2.24, 2.45) is 0 Å². The van der Waals surface area contributed by atoms with Gasteiger partial charge in [-0.2, -0.15) is 0 Å². The maximum Gasteiger partial charge on any atom is 0.235 e. The van der Waals surface area contributed by atoms with Crippen LogP contribution in [0.15, 0.2) is 59.8 Å². The maximum absolute atomic E-state index is 12.3. The van der Waals surface area contributed by atoms with Crippen LogP contribution in [0.4, 0.5) is 0 Å². The minimum atomic E-state index is -0.105. The molecule has 1 aliphatic rings. The van der Waals surface area contributed by atoms with Crippen molar-refractivity contribution in [3.05, 3.63) is 65.2 Å². The van der Waals surface area contributed by atoms with Gasteiger partial charge in [-0.3, -0.25) is 9.36 Å². The molecule has 5 nitrogen and oxygen atoms in total. The molecule has 7 heteroatoms. The van der Waals surface area contributed by atoms with Gasteiger partial charge in [-0.1, -0.05) is 53.7 Å². The van der Waals surface area contributed by atoms with Crippen molar-refractivity contribution in [3.63, 3.8) is 0 Å². The minimum Gasteiger partial charge on any atom is -0.345 e. The van der Waals surface area contributed by atoms with Crippen molar-refractivity contribution >= 4 is 29.3 Å². The van der Waals surface area contributed by atoms with Crippen LogP contribution in [-0.2, 0) is 11.3 Å². The van der Waals surface area contributed by atoms with Crippen molar-refractivity contribution in [1.82, 2.24) is 19.7 Å². The molecule has 1 fully saturated rings. The zero-order valence-electron chi connectivity index (χ0n) is 14.9. The third-order valence-electron chi connectivity index (χ3n) is 4.63. The van der Waals surface area contributed by atoms with Gasteiger partial charge in [-0.15, -0.1) is 10.2 Å². The van der Waals surface area contributed by atoms with Crippen LogP contribution < -0.4 is 0 Å². The first-order valence-electron chi connectivity index (χ1n) is 8.76. The fourth-order valence-electron chi connectivity index (χ4n) is 3.12. The molecule has 0 bridgehead atoms. The summed E-state index contributed by atoms with van der Waals surface area (Å²) in [6.07, 6.45) is 0.828. The van der Waals surface area contributed by atoms with Gasteiger partial charge in [0.15, 0.2) is 11.0 Å². The number of thioether (sulfide) groups is 1. The molecule has 27 heavy (non-hydrogen) atoms. The Morgan fingerprint density at radius 3 is 2.52 bits per heavy atom. The van der Waals surface area contributed by atoms with Gasteiger partial charge in [0, 0.05) is 24.2 Å². The number of hydrogen-bond donors (Lipinski definition) is 0. The number of carbonyl (C=O) groups excluding carboxylic acids is 1. The van der Waals surface area contributed by atoms with E-state index in [9.17, 15) is 4.79 Å². The normalized spacial score (nSPS) is 16.9. The van der Waals surface area contributed by atoms with Crippen LogP contribution in [0.25, 0.3) is 11.4 Å². The molecule has 0 radical (unpaired) electrons. The van der Waals surface area contributed by atoms with Gasteiger partial charge in [-0.05, 0) is 36.2 Å². The molecular formula is C20H19ClN4OS. The lowest BCUT2D eigenvalue weighted by molar-refractivity contribution is -0.126. The summed E-state index contributed by atoms with van der Waals surface area (Å²) in [5.41, 5.74) is 2.11. The Bertz CT molecular complexity index is 942. The first kappa shape index (κ1) is 18.1. The number of hydrogen-bond acceptors (Lipinski definition) is 4. The molecule has 1 atom stereocenters. The Balaban J connectivity index is 1.70. The van der Waals surface area contributed by atoms with E-state index in [-0.39, 0.29) is 11.2 Å². The third kappa shape index (κ3) is 3.87. The Labute approximate surface area is 167 Å². The van der Waals surface area contributed by atoms with E-state index in [0.717, 1.165) is 35.1 Å². The number of amides is 1. The van der Waals surface area contributed by atoms with E-state index in [1.807, 2.05) is 49.5 Å². The summed E-state index contributed by atoms with van der Waals surface area (Å²) >= 11 is 7.53. The van der Waals surface area contributed by atoms with Gasteiger partial charge in [0.2, 0.25) is 5.91 Å². The molecule has 0 spiro atoms.